The van der Waals surface area contributed by atoms with Crippen molar-refractivity contribution in [3.8, 4) is 0 Å². The Morgan fingerprint density at radius 1 is 1.35 bits per heavy atom. The van der Waals surface area contributed by atoms with Gasteiger partial charge in [-0.3, -0.25) is 0 Å². The summed E-state index contributed by atoms with van der Waals surface area (Å²) >= 11 is 1.80. The van der Waals surface area contributed by atoms with Crippen molar-refractivity contribution in [2.24, 2.45) is 0 Å². The Balaban J connectivity index is 3.00. The van der Waals surface area contributed by atoms with Crippen molar-refractivity contribution < 1.29 is 4.39 Å². The number of hydrogen-bond donors (Lipinski definition) is 1. The third kappa shape index (κ3) is 4.00. The van der Waals surface area contributed by atoms with Crippen LogP contribution in [0.5, 0.6) is 0 Å². The van der Waals surface area contributed by atoms with Crippen LogP contribution in [-0.2, 0) is 0 Å². The third-order valence-corrected chi connectivity index (χ3v) is 3.53. The van der Waals surface area contributed by atoms with Crippen molar-refractivity contribution in [2.45, 2.75) is 33.2 Å². The summed E-state index contributed by atoms with van der Waals surface area (Å²) in [6.45, 7) is 6.86. The summed E-state index contributed by atoms with van der Waals surface area (Å²) in [5.41, 5.74) is 2.88. The van der Waals surface area contributed by atoms with Gasteiger partial charge < -0.3 is 5.32 Å². The second kappa shape index (κ2) is 7.02. The van der Waals surface area contributed by atoms with Gasteiger partial charge in [-0.25, -0.2) is 4.39 Å². The van der Waals surface area contributed by atoms with Crippen LogP contribution in [0.1, 0.15) is 36.1 Å². The van der Waals surface area contributed by atoms with Gasteiger partial charge in [0.1, 0.15) is 5.82 Å². The van der Waals surface area contributed by atoms with Crippen LogP contribution in [0.3, 0.4) is 0 Å². The van der Waals surface area contributed by atoms with E-state index in [1.165, 1.54) is 0 Å². The Morgan fingerprint density at radius 2 is 2.06 bits per heavy atom. The molecular formula is C14H22FNS. The van der Waals surface area contributed by atoms with Crippen LogP contribution in [0, 0.1) is 19.7 Å². The van der Waals surface area contributed by atoms with E-state index in [-0.39, 0.29) is 11.9 Å². The van der Waals surface area contributed by atoms with Gasteiger partial charge in [0, 0.05) is 11.6 Å². The highest BCUT2D eigenvalue weighted by molar-refractivity contribution is 7.98. The van der Waals surface area contributed by atoms with Crippen LogP contribution in [-0.4, -0.2) is 18.6 Å². The van der Waals surface area contributed by atoms with Crippen molar-refractivity contribution in [2.75, 3.05) is 18.6 Å². The van der Waals surface area contributed by atoms with Gasteiger partial charge in [0.05, 0.1) is 0 Å². The van der Waals surface area contributed by atoms with E-state index in [0.717, 1.165) is 35.4 Å². The van der Waals surface area contributed by atoms with E-state index in [9.17, 15) is 4.39 Å². The maximum Gasteiger partial charge on any atom is 0.128 e. The first kappa shape index (κ1) is 14.5. The van der Waals surface area contributed by atoms with E-state index in [1.54, 1.807) is 17.8 Å². The number of aryl methyl sites for hydroxylation is 2. The van der Waals surface area contributed by atoms with E-state index < -0.39 is 0 Å². The fraction of sp³-hybridized carbons (Fsp3) is 0.571. The molecule has 17 heavy (non-hydrogen) atoms. The maximum atomic E-state index is 14.1. The fourth-order valence-corrected chi connectivity index (χ4v) is 2.67. The van der Waals surface area contributed by atoms with Gasteiger partial charge in [0.25, 0.3) is 0 Å². The van der Waals surface area contributed by atoms with Crippen molar-refractivity contribution in [1.29, 1.82) is 0 Å². The molecule has 0 fully saturated rings. The SMILES string of the molecule is CCNC(CCSC)c1c(C)cc(C)cc1F. The molecule has 0 aromatic heterocycles. The summed E-state index contributed by atoms with van der Waals surface area (Å²) in [7, 11) is 0. The predicted molar refractivity (Wildman–Crippen MR) is 75.3 cm³/mol. The lowest BCUT2D eigenvalue weighted by Crippen LogP contribution is -2.23. The van der Waals surface area contributed by atoms with E-state index in [1.807, 2.05) is 13.8 Å². The average Bonchev–Trinajstić information content (AvgIpc) is 2.24. The topological polar surface area (TPSA) is 12.0 Å². The van der Waals surface area contributed by atoms with Crippen LogP contribution in [0.2, 0.25) is 0 Å². The Labute approximate surface area is 108 Å². The fourth-order valence-electron chi connectivity index (χ4n) is 2.20. The molecule has 1 aromatic carbocycles. The third-order valence-electron chi connectivity index (χ3n) is 2.89. The molecule has 1 aromatic rings. The predicted octanol–water partition coefficient (Wildman–Crippen LogP) is 3.85. The van der Waals surface area contributed by atoms with Gasteiger partial charge in [-0.05, 0) is 56.0 Å². The van der Waals surface area contributed by atoms with Crippen LogP contribution in [0.25, 0.3) is 0 Å². The second-order valence-corrected chi connectivity index (χ2v) is 5.35. The first-order valence-electron chi connectivity index (χ1n) is 6.09. The van der Waals surface area contributed by atoms with Gasteiger partial charge in [0.15, 0.2) is 0 Å². The van der Waals surface area contributed by atoms with Crippen LogP contribution in [0.15, 0.2) is 12.1 Å². The Bertz CT molecular complexity index is 342. The summed E-state index contributed by atoms with van der Waals surface area (Å²) in [5, 5.41) is 3.38. The molecule has 0 bridgehead atoms. The molecule has 0 saturated heterocycles. The minimum absolute atomic E-state index is 0.0745. The lowest BCUT2D eigenvalue weighted by molar-refractivity contribution is 0.500. The highest BCUT2D eigenvalue weighted by Crippen LogP contribution is 2.26. The molecule has 96 valence electrons. The van der Waals surface area contributed by atoms with Crippen LogP contribution in [0.4, 0.5) is 4.39 Å². The smallest absolute Gasteiger partial charge is 0.128 e. The lowest BCUT2D eigenvalue weighted by atomic mass is 9.96. The molecular weight excluding hydrogens is 233 g/mol. The molecule has 0 heterocycles. The molecule has 1 N–H and O–H groups in total. The molecule has 1 rings (SSSR count). The molecule has 1 unspecified atom stereocenters. The van der Waals surface area contributed by atoms with E-state index in [4.69, 9.17) is 0 Å². The second-order valence-electron chi connectivity index (χ2n) is 4.37. The molecule has 0 saturated carbocycles. The maximum absolute atomic E-state index is 14.1. The van der Waals surface area contributed by atoms with Gasteiger partial charge in [-0.15, -0.1) is 0 Å². The van der Waals surface area contributed by atoms with Gasteiger partial charge in [0.2, 0.25) is 0 Å². The molecule has 0 aliphatic carbocycles. The average molecular weight is 255 g/mol. The van der Waals surface area contributed by atoms with Crippen molar-refractivity contribution in [3.63, 3.8) is 0 Å². The number of thioether (sulfide) groups is 1. The van der Waals surface area contributed by atoms with Gasteiger partial charge >= 0.3 is 0 Å². The quantitative estimate of drug-likeness (QED) is 0.828. The Kier molecular flexibility index (Phi) is 6.00. The molecule has 0 amide bonds. The molecule has 1 nitrogen and oxygen atoms in total. The molecule has 0 aliphatic rings. The molecule has 3 heteroatoms. The number of rotatable bonds is 6. The summed E-state index contributed by atoms with van der Waals surface area (Å²) in [5.74, 6) is 0.972. The first-order chi connectivity index (χ1) is 8.10. The zero-order chi connectivity index (χ0) is 12.8. The summed E-state index contributed by atoms with van der Waals surface area (Å²) in [4.78, 5) is 0. The number of nitrogens with one attached hydrogen (secondary N) is 1. The molecule has 0 radical (unpaired) electrons. The number of halogens is 1. The summed E-state index contributed by atoms with van der Waals surface area (Å²) in [6.07, 6.45) is 3.05. The van der Waals surface area contributed by atoms with Crippen LogP contribution >= 0.6 is 11.8 Å². The van der Waals surface area contributed by atoms with E-state index >= 15 is 0 Å². The zero-order valence-electron chi connectivity index (χ0n) is 11.1. The minimum atomic E-state index is -0.0745. The standard InChI is InChI=1S/C14H22FNS/c1-5-16-13(6-7-17-4)14-11(3)8-10(2)9-12(14)15/h8-9,13,16H,5-7H2,1-4H3. The highest BCUT2D eigenvalue weighted by Gasteiger charge is 2.17. The Hall–Kier alpha value is -0.540. The normalized spacial score (nSPS) is 12.8. The van der Waals surface area contributed by atoms with E-state index in [0.29, 0.717) is 0 Å². The Morgan fingerprint density at radius 3 is 2.59 bits per heavy atom. The lowest BCUT2D eigenvalue weighted by Gasteiger charge is -2.21. The van der Waals surface area contributed by atoms with E-state index in [2.05, 4.69) is 24.6 Å². The van der Waals surface area contributed by atoms with Crippen molar-refractivity contribution >= 4 is 11.8 Å². The van der Waals surface area contributed by atoms with Crippen molar-refractivity contribution in [1.82, 2.24) is 5.32 Å². The molecule has 0 aliphatic heterocycles. The molecule has 1 atom stereocenters. The highest BCUT2D eigenvalue weighted by atomic mass is 32.2. The zero-order valence-corrected chi connectivity index (χ0v) is 12.0. The molecule has 0 spiro atoms. The largest absolute Gasteiger partial charge is 0.310 e. The first-order valence-corrected chi connectivity index (χ1v) is 7.48. The monoisotopic (exact) mass is 255 g/mol. The number of hydrogen-bond acceptors (Lipinski definition) is 2. The minimum Gasteiger partial charge on any atom is -0.310 e. The number of benzene rings is 1. The van der Waals surface area contributed by atoms with Gasteiger partial charge in [-0.2, -0.15) is 11.8 Å². The van der Waals surface area contributed by atoms with Gasteiger partial charge in [-0.1, -0.05) is 13.0 Å². The summed E-state index contributed by atoms with van der Waals surface area (Å²) in [6, 6.07) is 3.82. The summed E-state index contributed by atoms with van der Waals surface area (Å²) < 4.78 is 14.1. The van der Waals surface area contributed by atoms with Crippen LogP contribution < -0.4 is 5.32 Å². The van der Waals surface area contributed by atoms with Crippen molar-refractivity contribution in [3.05, 3.63) is 34.6 Å².